The average molecular weight is 404 g/mol. The molecular formula is C18H18F2N6O3. The topological polar surface area (TPSA) is 103 Å². The van der Waals surface area contributed by atoms with E-state index in [4.69, 9.17) is 0 Å². The first-order chi connectivity index (χ1) is 13.8. The van der Waals surface area contributed by atoms with Crippen molar-refractivity contribution in [3.05, 3.63) is 53.6 Å². The number of halogens is 2. The van der Waals surface area contributed by atoms with Gasteiger partial charge in [0.2, 0.25) is 0 Å². The van der Waals surface area contributed by atoms with Crippen LogP contribution in [0.4, 0.5) is 20.2 Å². The van der Waals surface area contributed by atoms with Gasteiger partial charge >= 0.3 is 6.61 Å². The summed E-state index contributed by atoms with van der Waals surface area (Å²) in [5, 5.41) is 13.4. The zero-order valence-corrected chi connectivity index (χ0v) is 15.8. The smallest absolute Gasteiger partial charge is 0.387 e. The molecule has 2 heterocycles. The van der Waals surface area contributed by atoms with E-state index in [1.54, 1.807) is 25.7 Å². The van der Waals surface area contributed by atoms with E-state index >= 15 is 0 Å². The van der Waals surface area contributed by atoms with E-state index in [1.165, 1.54) is 41.3 Å². The molecule has 0 saturated carbocycles. The number of aromatic nitrogens is 4. The molecule has 0 aliphatic carbocycles. The van der Waals surface area contributed by atoms with Crippen LogP contribution in [0.3, 0.4) is 0 Å². The molecule has 0 spiro atoms. The second-order valence-electron chi connectivity index (χ2n) is 6.11. The molecule has 0 bridgehead atoms. The molecule has 29 heavy (non-hydrogen) atoms. The van der Waals surface area contributed by atoms with Crippen molar-refractivity contribution in [1.29, 1.82) is 0 Å². The van der Waals surface area contributed by atoms with Crippen molar-refractivity contribution in [2.75, 3.05) is 10.6 Å². The minimum Gasteiger partial charge on any atom is -0.435 e. The van der Waals surface area contributed by atoms with E-state index in [9.17, 15) is 18.4 Å². The number of anilines is 2. The number of alkyl halides is 2. The van der Waals surface area contributed by atoms with E-state index < -0.39 is 18.4 Å². The summed E-state index contributed by atoms with van der Waals surface area (Å²) in [4.78, 5) is 25.2. The van der Waals surface area contributed by atoms with Gasteiger partial charge in [-0.15, -0.1) is 0 Å². The number of nitrogens with zero attached hydrogens (tertiary/aromatic N) is 4. The van der Waals surface area contributed by atoms with Crippen LogP contribution in [0.2, 0.25) is 0 Å². The van der Waals surface area contributed by atoms with Gasteiger partial charge in [0.1, 0.15) is 11.4 Å². The number of ether oxygens (including phenoxy) is 1. The van der Waals surface area contributed by atoms with Crippen molar-refractivity contribution in [2.45, 2.75) is 13.5 Å². The molecule has 2 N–H and O–H groups in total. The third-order valence-corrected chi connectivity index (χ3v) is 4.21. The third-order valence-electron chi connectivity index (χ3n) is 4.21. The van der Waals surface area contributed by atoms with Crippen LogP contribution in [0.25, 0.3) is 0 Å². The zero-order valence-electron chi connectivity index (χ0n) is 15.8. The summed E-state index contributed by atoms with van der Waals surface area (Å²) in [6.07, 6.45) is 2.83. The number of benzene rings is 1. The van der Waals surface area contributed by atoms with Crippen molar-refractivity contribution in [3.8, 4) is 5.75 Å². The van der Waals surface area contributed by atoms with Crippen LogP contribution in [0.5, 0.6) is 5.75 Å². The summed E-state index contributed by atoms with van der Waals surface area (Å²) >= 11 is 0. The Kier molecular flexibility index (Phi) is 5.57. The van der Waals surface area contributed by atoms with E-state index in [1.807, 2.05) is 0 Å². The monoisotopic (exact) mass is 404 g/mol. The molecule has 0 fully saturated rings. The number of carbonyl (C=O) groups is 2. The van der Waals surface area contributed by atoms with Crippen molar-refractivity contribution in [2.24, 2.45) is 14.1 Å². The van der Waals surface area contributed by atoms with Crippen LogP contribution < -0.4 is 15.4 Å². The lowest BCUT2D eigenvalue weighted by molar-refractivity contribution is -0.0498. The number of rotatable bonds is 6. The number of carbonyl (C=O) groups excluding carboxylic acids is 2. The van der Waals surface area contributed by atoms with Crippen molar-refractivity contribution in [3.63, 3.8) is 0 Å². The molecule has 11 heteroatoms. The van der Waals surface area contributed by atoms with Gasteiger partial charge in [-0.1, -0.05) is 6.07 Å². The van der Waals surface area contributed by atoms with Crippen LogP contribution in [0.1, 0.15) is 26.5 Å². The summed E-state index contributed by atoms with van der Waals surface area (Å²) in [5.41, 5.74) is 1.63. The van der Waals surface area contributed by atoms with Gasteiger partial charge in [0.05, 0.1) is 29.5 Å². The predicted molar refractivity (Wildman–Crippen MR) is 100 cm³/mol. The number of hydrogen-bond acceptors (Lipinski definition) is 5. The molecule has 0 radical (unpaired) electrons. The molecule has 3 aromatic rings. The van der Waals surface area contributed by atoms with Gasteiger partial charge in [-0.05, 0) is 25.1 Å². The highest BCUT2D eigenvalue weighted by Gasteiger charge is 2.21. The highest BCUT2D eigenvalue weighted by atomic mass is 19.3. The normalized spacial score (nSPS) is 10.8. The molecule has 3 rings (SSSR count). The largest absolute Gasteiger partial charge is 0.435 e. The standard InChI is InChI=1S/C18H18F2N6O3/c1-10-13(8-21-25(10)2)23-17(28)15-14(9-22-26(15)3)24-16(27)11-5-4-6-12(7-11)29-18(19)20/h4-9,18H,1-3H3,(H,23,28)(H,24,27). The quantitative estimate of drug-likeness (QED) is 0.657. The van der Waals surface area contributed by atoms with Crippen LogP contribution in [-0.4, -0.2) is 38.0 Å². The minimum atomic E-state index is -3.00. The molecule has 2 aromatic heterocycles. The Balaban J connectivity index is 1.80. The van der Waals surface area contributed by atoms with Gasteiger partial charge in [0, 0.05) is 19.7 Å². The molecule has 1 aromatic carbocycles. The SMILES string of the molecule is Cc1c(NC(=O)c2c(NC(=O)c3cccc(OC(F)F)c3)cnn2C)cnn1C. The van der Waals surface area contributed by atoms with Gasteiger partial charge in [0.15, 0.2) is 0 Å². The third kappa shape index (κ3) is 4.39. The van der Waals surface area contributed by atoms with Crippen molar-refractivity contribution >= 4 is 23.2 Å². The fraction of sp³-hybridized carbons (Fsp3) is 0.222. The van der Waals surface area contributed by atoms with E-state index in [-0.39, 0.29) is 22.7 Å². The number of aryl methyl sites for hydroxylation is 2. The van der Waals surface area contributed by atoms with Crippen LogP contribution in [0, 0.1) is 6.92 Å². The maximum absolute atomic E-state index is 12.7. The summed E-state index contributed by atoms with van der Waals surface area (Å²) in [6.45, 7) is -1.21. The first-order valence-corrected chi connectivity index (χ1v) is 8.44. The fourth-order valence-electron chi connectivity index (χ4n) is 2.61. The summed E-state index contributed by atoms with van der Waals surface area (Å²) in [5.74, 6) is -1.25. The van der Waals surface area contributed by atoms with Gasteiger partial charge in [-0.2, -0.15) is 19.0 Å². The van der Waals surface area contributed by atoms with Crippen LogP contribution in [0.15, 0.2) is 36.7 Å². The Labute approximate surface area is 164 Å². The Hall–Kier alpha value is -3.76. The van der Waals surface area contributed by atoms with Gasteiger partial charge in [-0.3, -0.25) is 19.0 Å². The van der Waals surface area contributed by atoms with Gasteiger partial charge in [-0.25, -0.2) is 0 Å². The van der Waals surface area contributed by atoms with Gasteiger partial charge < -0.3 is 15.4 Å². The lowest BCUT2D eigenvalue weighted by Crippen LogP contribution is -2.20. The fourth-order valence-corrected chi connectivity index (χ4v) is 2.61. The van der Waals surface area contributed by atoms with E-state index in [0.29, 0.717) is 5.69 Å². The maximum atomic E-state index is 12.7. The highest BCUT2D eigenvalue weighted by molar-refractivity contribution is 6.11. The van der Waals surface area contributed by atoms with Crippen molar-refractivity contribution < 1.29 is 23.1 Å². The lowest BCUT2D eigenvalue weighted by Gasteiger charge is -2.10. The number of nitrogens with one attached hydrogen (secondary N) is 2. The number of hydrogen-bond donors (Lipinski definition) is 2. The van der Waals surface area contributed by atoms with Gasteiger partial charge in [0.25, 0.3) is 11.8 Å². The molecule has 0 aliphatic heterocycles. The van der Waals surface area contributed by atoms with E-state index in [0.717, 1.165) is 5.69 Å². The summed E-state index contributed by atoms with van der Waals surface area (Å²) in [7, 11) is 3.30. The lowest BCUT2D eigenvalue weighted by atomic mass is 10.2. The molecule has 9 nitrogen and oxygen atoms in total. The molecule has 0 aliphatic rings. The molecule has 0 saturated heterocycles. The van der Waals surface area contributed by atoms with Crippen LogP contribution >= 0.6 is 0 Å². The molecule has 0 atom stereocenters. The Morgan fingerprint density at radius 1 is 1.03 bits per heavy atom. The summed E-state index contributed by atoms with van der Waals surface area (Å²) in [6, 6.07) is 5.33. The second-order valence-corrected chi connectivity index (χ2v) is 6.11. The average Bonchev–Trinajstić information content (AvgIpc) is 3.18. The first kappa shape index (κ1) is 20.0. The molecule has 0 unspecified atom stereocenters. The Morgan fingerprint density at radius 3 is 2.34 bits per heavy atom. The first-order valence-electron chi connectivity index (χ1n) is 8.44. The number of amides is 2. The zero-order chi connectivity index (χ0) is 21.1. The Bertz CT molecular complexity index is 1060. The van der Waals surface area contributed by atoms with E-state index in [2.05, 4.69) is 25.6 Å². The minimum absolute atomic E-state index is 0.0847. The summed E-state index contributed by atoms with van der Waals surface area (Å²) < 4.78 is 32.0. The van der Waals surface area contributed by atoms with Crippen molar-refractivity contribution in [1.82, 2.24) is 19.6 Å². The molecule has 152 valence electrons. The molecular weight excluding hydrogens is 386 g/mol. The highest BCUT2D eigenvalue weighted by Crippen LogP contribution is 2.21. The second kappa shape index (κ2) is 8.09. The Morgan fingerprint density at radius 2 is 1.69 bits per heavy atom. The molecule has 2 amide bonds. The van der Waals surface area contributed by atoms with Crippen LogP contribution in [-0.2, 0) is 14.1 Å². The predicted octanol–water partition coefficient (Wildman–Crippen LogP) is 2.57. The maximum Gasteiger partial charge on any atom is 0.387 e.